The number of hydrogen-bond acceptors (Lipinski definition) is 2. The predicted octanol–water partition coefficient (Wildman–Crippen LogP) is 2.85. The van der Waals surface area contributed by atoms with Gasteiger partial charge in [-0.2, -0.15) is 0 Å². The Morgan fingerprint density at radius 1 is 1.13 bits per heavy atom. The molecule has 4 N–H and O–H groups in total. The largest absolute Gasteiger partial charge is 0.351 e. The lowest BCUT2D eigenvalue weighted by molar-refractivity contribution is 0.0940. The Labute approximate surface area is 135 Å². The maximum atomic E-state index is 12.3. The second kappa shape index (κ2) is 7.45. The first-order valence-corrected chi connectivity index (χ1v) is 7.47. The number of benzene rings is 2. The summed E-state index contributed by atoms with van der Waals surface area (Å²) in [5, 5.41) is 5.43. The van der Waals surface area contributed by atoms with Crippen molar-refractivity contribution in [3.63, 3.8) is 0 Å². The van der Waals surface area contributed by atoms with Gasteiger partial charge in [-0.05, 0) is 49.6 Å². The van der Waals surface area contributed by atoms with E-state index in [0.717, 1.165) is 6.42 Å². The maximum Gasteiger partial charge on any atom is 0.316 e. The van der Waals surface area contributed by atoms with Crippen molar-refractivity contribution in [1.29, 1.82) is 0 Å². The fourth-order valence-electron chi connectivity index (χ4n) is 2.41. The first kappa shape index (κ1) is 16.5. The summed E-state index contributed by atoms with van der Waals surface area (Å²) >= 11 is 0. The van der Waals surface area contributed by atoms with Crippen LogP contribution in [0.4, 0.5) is 10.5 Å². The van der Waals surface area contributed by atoms with Crippen LogP contribution < -0.4 is 16.4 Å². The van der Waals surface area contributed by atoms with Crippen LogP contribution in [0.2, 0.25) is 0 Å². The molecule has 5 heteroatoms. The lowest BCUT2D eigenvalue weighted by Crippen LogP contribution is -2.34. The van der Waals surface area contributed by atoms with Crippen LogP contribution in [0.25, 0.3) is 0 Å². The number of anilines is 1. The number of hydrogen-bond donors (Lipinski definition) is 3. The molecular weight excluding hydrogens is 290 g/mol. The third-order valence-corrected chi connectivity index (χ3v) is 3.56. The predicted molar refractivity (Wildman–Crippen MR) is 91.5 cm³/mol. The summed E-state index contributed by atoms with van der Waals surface area (Å²) in [5.41, 5.74) is 8.48. The molecule has 0 heterocycles. The number of rotatable bonds is 5. The van der Waals surface area contributed by atoms with Crippen LogP contribution in [0.3, 0.4) is 0 Å². The summed E-state index contributed by atoms with van der Waals surface area (Å²) in [4.78, 5) is 23.2. The Balaban J connectivity index is 2.01. The number of carbonyl (C=O) groups is 2. The number of nitrogens with two attached hydrogens (primary N) is 1. The molecular formula is C18H21N3O2. The van der Waals surface area contributed by atoms with E-state index in [-0.39, 0.29) is 11.9 Å². The first-order chi connectivity index (χ1) is 11.0. The third kappa shape index (κ3) is 4.85. The molecule has 0 aliphatic heterocycles. The minimum Gasteiger partial charge on any atom is -0.351 e. The van der Waals surface area contributed by atoms with Gasteiger partial charge >= 0.3 is 6.03 Å². The molecule has 0 saturated heterocycles. The lowest BCUT2D eigenvalue weighted by atomic mass is 10.0. The summed E-state index contributed by atoms with van der Waals surface area (Å²) in [6.07, 6.45) is 0.762. The van der Waals surface area contributed by atoms with Crippen molar-refractivity contribution in [2.75, 3.05) is 5.32 Å². The highest BCUT2D eigenvalue weighted by molar-refractivity contribution is 5.96. The molecule has 0 aromatic heterocycles. The summed E-state index contributed by atoms with van der Waals surface area (Å²) in [7, 11) is 0. The molecule has 0 radical (unpaired) electrons. The molecule has 0 spiro atoms. The van der Waals surface area contributed by atoms with Crippen LogP contribution in [-0.4, -0.2) is 18.0 Å². The molecule has 2 aromatic carbocycles. The van der Waals surface area contributed by atoms with Gasteiger partial charge in [-0.3, -0.25) is 4.79 Å². The molecule has 120 valence electrons. The summed E-state index contributed by atoms with van der Waals surface area (Å²) < 4.78 is 0. The second-order valence-electron chi connectivity index (χ2n) is 5.58. The molecule has 0 fully saturated rings. The Kier molecular flexibility index (Phi) is 5.36. The number of primary amides is 1. The number of nitrogens with one attached hydrogen (secondary N) is 2. The van der Waals surface area contributed by atoms with E-state index in [1.165, 1.54) is 11.1 Å². The van der Waals surface area contributed by atoms with Gasteiger partial charge < -0.3 is 16.4 Å². The van der Waals surface area contributed by atoms with Crippen molar-refractivity contribution < 1.29 is 9.59 Å². The minimum atomic E-state index is -0.657. The summed E-state index contributed by atoms with van der Waals surface area (Å²) in [6, 6.07) is 14.1. The second-order valence-corrected chi connectivity index (χ2v) is 5.58. The molecule has 0 bridgehead atoms. The number of amides is 3. The summed E-state index contributed by atoms with van der Waals surface area (Å²) in [6.45, 7) is 4.03. The monoisotopic (exact) mass is 311 g/mol. The average molecular weight is 311 g/mol. The molecule has 23 heavy (non-hydrogen) atoms. The van der Waals surface area contributed by atoms with Crippen LogP contribution >= 0.6 is 0 Å². The lowest BCUT2D eigenvalue weighted by Gasteiger charge is -2.16. The highest BCUT2D eigenvalue weighted by Crippen LogP contribution is 2.12. The smallest absolute Gasteiger partial charge is 0.316 e. The van der Waals surface area contributed by atoms with Gasteiger partial charge in [0, 0.05) is 17.3 Å². The van der Waals surface area contributed by atoms with Gasteiger partial charge in [-0.15, -0.1) is 0 Å². The van der Waals surface area contributed by atoms with E-state index in [9.17, 15) is 9.59 Å². The standard InChI is InChI=1S/C18H21N3O2/c1-12-6-3-4-7-14(12)10-13(2)20-17(22)15-8-5-9-16(11-15)21-18(19)23/h3-9,11,13H,10H2,1-2H3,(H,20,22)(H3,19,21,23). The van der Waals surface area contributed by atoms with E-state index < -0.39 is 6.03 Å². The molecule has 0 saturated carbocycles. The molecule has 3 amide bonds. The van der Waals surface area contributed by atoms with Crippen molar-refractivity contribution in [1.82, 2.24) is 5.32 Å². The molecule has 0 aliphatic carbocycles. The van der Waals surface area contributed by atoms with Crippen LogP contribution in [0, 0.1) is 6.92 Å². The van der Waals surface area contributed by atoms with Gasteiger partial charge in [-0.25, -0.2) is 4.79 Å². The molecule has 0 aliphatic rings. The maximum absolute atomic E-state index is 12.3. The van der Waals surface area contributed by atoms with E-state index in [2.05, 4.69) is 29.7 Å². The van der Waals surface area contributed by atoms with Gasteiger partial charge in [0.05, 0.1) is 0 Å². The molecule has 2 aromatic rings. The van der Waals surface area contributed by atoms with E-state index in [0.29, 0.717) is 11.3 Å². The number of urea groups is 1. The van der Waals surface area contributed by atoms with Gasteiger partial charge in [0.15, 0.2) is 0 Å². The van der Waals surface area contributed by atoms with Crippen LogP contribution in [-0.2, 0) is 6.42 Å². The number of carbonyl (C=O) groups excluding carboxylic acids is 2. The number of aryl methyl sites for hydroxylation is 1. The van der Waals surface area contributed by atoms with Crippen molar-refractivity contribution >= 4 is 17.6 Å². The molecule has 1 unspecified atom stereocenters. The third-order valence-electron chi connectivity index (χ3n) is 3.56. The van der Waals surface area contributed by atoms with E-state index in [1.807, 2.05) is 19.1 Å². The highest BCUT2D eigenvalue weighted by Gasteiger charge is 2.12. The van der Waals surface area contributed by atoms with Gasteiger partial charge in [0.25, 0.3) is 5.91 Å². The Morgan fingerprint density at radius 3 is 2.57 bits per heavy atom. The van der Waals surface area contributed by atoms with E-state index in [1.54, 1.807) is 24.3 Å². The van der Waals surface area contributed by atoms with Crippen LogP contribution in [0.1, 0.15) is 28.4 Å². The zero-order valence-electron chi connectivity index (χ0n) is 13.3. The van der Waals surface area contributed by atoms with Crippen LogP contribution in [0.5, 0.6) is 0 Å². The minimum absolute atomic E-state index is 0.00337. The quantitative estimate of drug-likeness (QED) is 0.793. The molecule has 1 atom stereocenters. The van der Waals surface area contributed by atoms with Crippen molar-refractivity contribution in [2.24, 2.45) is 5.73 Å². The molecule has 2 rings (SSSR count). The Bertz CT molecular complexity index is 713. The molecule has 5 nitrogen and oxygen atoms in total. The first-order valence-electron chi connectivity index (χ1n) is 7.47. The van der Waals surface area contributed by atoms with Crippen molar-refractivity contribution in [3.05, 3.63) is 65.2 Å². The zero-order valence-corrected chi connectivity index (χ0v) is 13.3. The van der Waals surface area contributed by atoms with Gasteiger partial charge in [-0.1, -0.05) is 30.3 Å². The van der Waals surface area contributed by atoms with Gasteiger partial charge in [0.2, 0.25) is 0 Å². The topological polar surface area (TPSA) is 84.2 Å². The van der Waals surface area contributed by atoms with Gasteiger partial charge in [0.1, 0.15) is 0 Å². The highest BCUT2D eigenvalue weighted by atomic mass is 16.2. The Hall–Kier alpha value is -2.82. The fraction of sp³-hybridized carbons (Fsp3) is 0.222. The fourth-order valence-corrected chi connectivity index (χ4v) is 2.41. The zero-order chi connectivity index (χ0) is 16.8. The van der Waals surface area contributed by atoms with Crippen LogP contribution in [0.15, 0.2) is 48.5 Å². The van der Waals surface area contributed by atoms with E-state index in [4.69, 9.17) is 5.73 Å². The average Bonchev–Trinajstić information content (AvgIpc) is 2.49. The Morgan fingerprint density at radius 2 is 1.87 bits per heavy atom. The van der Waals surface area contributed by atoms with E-state index >= 15 is 0 Å². The summed E-state index contributed by atoms with van der Waals surface area (Å²) in [5.74, 6) is -0.181. The van der Waals surface area contributed by atoms with Crippen molar-refractivity contribution in [2.45, 2.75) is 26.3 Å². The van der Waals surface area contributed by atoms with Crippen molar-refractivity contribution in [3.8, 4) is 0 Å². The normalized spacial score (nSPS) is 11.6. The SMILES string of the molecule is Cc1ccccc1CC(C)NC(=O)c1cccc(NC(N)=O)c1.